The molecule has 0 spiro atoms. The van der Waals surface area contributed by atoms with Gasteiger partial charge in [0.05, 0.1) is 0 Å². The predicted molar refractivity (Wildman–Crippen MR) is 75.0 cm³/mol. The average Bonchev–Trinajstić information content (AvgIpc) is 2.30. The average molecular weight is 347 g/mol. The molecule has 0 radical (unpaired) electrons. The summed E-state index contributed by atoms with van der Waals surface area (Å²) in [7, 11) is 0. The van der Waals surface area contributed by atoms with Crippen molar-refractivity contribution in [1.29, 1.82) is 0 Å². The van der Waals surface area contributed by atoms with Crippen LogP contribution in [-0.4, -0.2) is 10.3 Å². The van der Waals surface area contributed by atoms with Gasteiger partial charge in [0.2, 0.25) is 0 Å². The molecule has 0 aromatic carbocycles. The smallest absolute Gasteiger partial charge is 0.0410 e. The van der Waals surface area contributed by atoms with Crippen molar-refractivity contribution >= 4 is 31.9 Å². The van der Waals surface area contributed by atoms with E-state index in [9.17, 15) is 0 Å². The van der Waals surface area contributed by atoms with E-state index in [1.165, 1.54) is 37.7 Å². The summed E-state index contributed by atoms with van der Waals surface area (Å²) < 4.78 is 1.09. The minimum absolute atomic E-state index is 0.473. The SMILES string of the molecule is BrCC1(Cc2cncc(Br)c2)CCCCC1. The molecule has 3 heteroatoms. The van der Waals surface area contributed by atoms with Crippen molar-refractivity contribution in [2.24, 2.45) is 5.41 Å². The molecule has 0 aliphatic heterocycles. The van der Waals surface area contributed by atoms with E-state index in [1.54, 1.807) is 0 Å². The highest BCUT2D eigenvalue weighted by Crippen LogP contribution is 2.40. The lowest BCUT2D eigenvalue weighted by Crippen LogP contribution is -2.28. The molecule has 88 valence electrons. The van der Waals surface area contributed by atoms with Gasteiger partial charge in [-0.15, -0.1) is 0 Å². The largest absolute Gasteiger partial charge is 0.263 e. The van der Waals surface area contributed by atoms with Crippen molar-refractivity contribution in [3.05, 3.63) is 28.5 Å². The molecule has 16 heavy (non-hydrogen) atoms. The first-order valence-electron chi connectivity index (χ1n) is 5.90. The molecule has 1 saturated carbocycles. The quantitative estimate of drug-likeness (QED) is 0.721. The van der Waals surface area contributed by atoms with E-state index in [-0.39, 0.29) is 0 Å². The molecule has 0 amide bonds. The third kappa shape index (κ3) is 3.07. The summed E-state index contributed by atoms with van der Waals surface area (Å²) >= 11 is 7.20. The third-order valence-corrected chi connectivity index (χ3v) is 5.16. The van der Waals surface area contributed by atoms with Crippen LogP contribution in [0.3, 0.4) is 0 Å². The van der Waals surface area contributed by atoms with Crippen LogP contribution in [0.2, 0.25) is 0 Å². The lowest BCUT2D eigenvalue weighted by atomic mass is 9.72. The summed E-state index contributed by atoms with van der Waals surface area (Å²) in [6, 6.07) is 2.20. The number of halogens is 2. The Morgan fingerprint density at radius 2 is 1.94 bits per heavy atom. The van der Waals surface area contributed by atoms with Crippen LogP contribution in [0.1, 0.15) is 37.7 Å². The standard InChI is InChI=1S/C13H17Br2N/c14-10-13(4-2-1-3-5-13)7-11-6-12(15)9-16-8-11/h6,8-9H,1-5,7,10H2. The van der Waals surface area contributed by atoms with Crippen LogP contribution in [0.15, 0.2) is 22.9 Å². The number of hydrogen-bond donors (Lipinski definition) is 0. The highest BCUT2D eigenvalue weighted by atomic mass is 79.9. The number of hydrogen-bond acceptors (Lipinski definition) is 1. The zero-order valence-electron chi connectivity index (χ0n) is 9.38. The fourth-order valence-corrected chi connectivity index (χ4v) is 3.82. The number of pyridine rings is 1. The number of alkyl halides is 1. The second-order valence-electron chi connectivity index (χ2n) is 4.88. The van der Waals surface area contributed by atoms with E-state index in [2.05, 4.69) is 42.9 Å². The lowest BCUT2D eigenvalue weighted by Gasteiger charge is -2.36. The first-order valence-corrected chi connectivity index (χ1v) is 7.81. The summed E-state index contributed by atoms with van der Waals surface area (Å²) in [4.78, 5) is 4.25. The molecule has 0 bridgehead atoms. The summed E-state index contributed by atoms with van der Waals surface area (Å²) in [5, 5.41) is 1.12. The maximum Gasteiger partial charge on any atom is 0.0410 e. The van der Waals surface area contributed by atoms with Crippen molar-refractivity contribution in [2.75, 3.05) is 5.33 Å². The fourth-order valence-electron chi connectivity index (χ4n) is 2.64. The normalized spacial score (nSPS) is 19.6. The van der Waals surface area contributed by atoms with Crippen LogP contribution in [0.25, 0.3) is 0 Å². The van der Waals surface area contributed by atoms with Crippen molar-refractivity contribution in [1.82, 2.24) is 4.98 Å². The summed E-state index contributed by atoms with van der Waals surface area (Å²) in [5.74, 6) is 0. The van der Waals surface area contributed by atoms with Crippen molar-refractivity contribution in [3.8, 4) is 0 Å². The Balaban J connectivity index is 2.11. The van der Waals surface area contributed by atoms with E-state index in [0.29, 0.717) is 5.41 Å². The second-order valence-corrected chi connectivity index (χ2v) is 6.36. The van der Waals surface area contributed by atoms with Crippen LogP contribution >= 0.6 is 31.9 Å². The first-order chi connectivity index (χ1) is 7.74. The minimum Gasteiger partial charge on any atom is -0.263 e. The van der Waals surface area contributed by atoms with Crippen molar-refractivity contribution < 1.29 is 0 Å². The Bertz CT molecular complexity index is 346. The maximum absolute atomic E-state index is 4.25. The topological polar surface area (TPSA) is 12.9 Å². The van der Waals surface area contributed by atoms with Gasteiger partial charge >= 0.3 is 0 Å². The van der Waals surface area contributed by atoms with E-state index in [0.717, 1.165) is 16.2 Å². The van der Waals surface area contributed by atoms with Gasteiger partial charge < -0.3 is 0 Å². The Morgan fingerprint density at radius 1 is 1.19 bits per heavy atom. The van der Waals surface area contributed by atoms with Crippen LogP contribution in [0, 0.1) is 5.41 Å². The number of aromatic nitrogens is 1. The van der Waals surface area contributed by atoms with Gasteiger partial charge in [0, 0.05) is 22.2 Å². The van der Waals surface area contributed by atoms with Gasteiger partial charge in [-0.1, -0.05) is 35.2 Å². The summed E-state index contributed by atoms with van der Waals surface area (Å²) in [6.07, 6.45) is 11.9. The molecule has 1 fully saturated rings. The molecular weight excluding hydrogens is 330 g/mol. The highest BCUT2D eigenvalue weighted by Gasteiger charge is 2.31. The third-order valence-electron chi connectivity index (χ3n) is 3.54. The first kappa shape index (κ1) is 12.6. The van der Waals surface area contributed by atoms with Crippen LogP contribution in [-0.2, 0) is 6.42 Å². The highest BCUT2D eigenvalue weighted by molar-refractivity contribution is 9.10. The Hall–Kier alpha value is 0.110. The number of nitrogens with zero attached hydrogens (tertiary/aromatic N) is 1. The molecule has 1 aliphatic rings. The molecule has 2 rings (SSSR count). The predicted octanol–water partition coefficient (Wildman–Crippen LogP) is 4.73. The maximum atomic E-state index is 4.25. The van der Waals surface area contributed by atoms with E-state index < -0.39 is 0 Å². The van der Waals surface area contributed by atoms with Crippen molar-refractivity contribution in [3.63, 3.8) is 0 Å². The van der Waals surface area contributed by atoms with Gasteiger partial charge in [0.25, 0.3) is 0 Å². The van der Waals surface area contributed by atoms with Crippen LogP contribution in [0.4, 0.5) is 0 Å². The van der Waals surface area contributed by atoms with Crippen LogP contribution in [0.5, 0.6) is 0 Å². The van der Waals surface area contributed by atoms with Gasteiger partial charge in [0.15, 0.2) is 0 Å². The van der Waals surface area contributed by atoms with Crippen LogP contribution < -0.4 is 0 Å². The van der Waals surface area contributed by atoms with Gasteiger partial charge in [-0.2, -0.15) is 0 Å². The Morgan fingerprint density at radius 3 is 2.56 bits per heavy atom. The monoisotopic (exact) mass is 345 g/mol. The lowest BCUT2D eigenvalue weighted by molar-refractivity contribution is 0.223. The zero-order chi connectivity index (χ0) is 11.4. The summed E-state index contributed by atoms with van der Waals surface area (Å²) in [6.45, 7) is 0. The minimum atomic E-state index is 0.473. The van der Waals surface area contributed by atoms with Gasteiger partial charge in [-0.25, -0.2) is 0 Å². The molecular formula is C13H17Br2N. The fraction of sp³-hybridized carbons (Fsp3) is 0.615. The number of rotatable bonds is 3. The summed E-state index contributed by atoms with van der Waals surface area (Å²) in [5.41, 5.74) is 1.83. The molecule has 0 N–H and O–H groups in total. The molecule has 1 nitrogen and oxygen atoms in total. The zero-order valence-corrected chi connectivity index (χ0v) is 12.6. The van der Waals surface area contributed by atoms with E-state index >= 15 is 0 Å². The van der Waals surface area contributed by atoms with Gasteiger partial charge in [-0.05, 0) is 52.2 Å². The van der Waals surface area contributed by atoms with E-state index in [1.807, 2.05) is 12.4 Å². The molecule has 1 aromatic heterocycles. The molecule has 0 saturated heterocycles. The molecule has 0 atom stereocenters. The molecule has 1 aliphatic carbocycles. The van der Waals surface area contributed by atoms with Gasteiger partial charge in [0.1, 0.15) is 0 Å². The molecule has 1 aromatic rings. The second kappa shape index (κ2) is 5.63. The molecule has 1 heterocycles. The molecule has 0 unspecified atom stereocenters. The Kier molecular flexibility index (Phi) is 4.42. The van der Waals surface area contributed by atoms with E-state index in [4.69, 9.17) is 0 Å². The van der Waals surface area contributed by atoms with Gasteiger partial charge in [-0.3, -0.25) is 4.98 Å². The Labute approximate surface area is 114 Å². The van der Waals surface area contributed by atoms with Crippen molar-refractivity contribution in [2.45, 2.75) is 38.5 Å².